The topological polar surface area (TPSA) is 62.6 Å². The van der Waals surface area contributed by atoms with Gasteiger partial charge in [-0.2, -0.15) is 0 Å². The van der Waals surface area contributed by atoms with Crippen LogP contribution < -0.4 is 0 Å². The second kappa shape index (κ2) is 4.52. The summed E-state index contributed by atoms with van der Waals surface area (Å²) in [5, 5.41) is 0. The van der Waals surface area contributed by atoms with Gasteiger partial charge < -0.3 is 0 Å². The number of pyridine rings is 1. The van der Waals surface area contributed by atoms with Crippen LogP contribution in [0.3, 0.4) is 0 Å². The third-order valence-corrected chi connectivity index (χ3v) is 5.85. The molecule has 1 atom stereocenters. The lowest BCUT2D eigenvalue weighted by Gasteiger charge is -2.30. The molecule has 5 heteroatoms. The number of rotatable bonds is 1. The molecule has 1 aromatic rings. The first-order chi connectivity index (χ1) is 11.1. The van der Waals surface area contributed by atoms with E-state index in [2.05, 4.69) is 18.8 Å². The molecule has 0 saturated carbocycles. The lowest BCUT2D eigenvalue weighted by molar-refractivity contribution is -0.130. The molecule has 0 fully saturated rings. The number of nitrogens with zero attached hydrogens (tertiary/aromatic N) is 3. The number of fused-ring (bicyclic) bond motifs is 4. The fourth-order valence-corrected chi connectivity index (χ4v) is 3.84. The summed E-state index contributed by atoms with van der Waals surface area (Å²) in [6.07, 6.45) is 2.91. The lowest BCUT2D eigenvalue weighted by atomic mass is 9.75. The van der Waals surface area contributed by atoms with Crippen molar-refractivity contribution in [2.24, 2.45) is 16.3 Å². The van der Waals surface area contributed by atoms with E-state index in [9.17, 15) is 9.59 Å². The summed E-state index contributed by atoms with van der Waals surface area (Å²) in [6, 6.07) is 1.95. The summed E-state index contributed by atoms with van der Waals surface area (Å²) in [6.45, 7) is 10.2. The molecule has 0 bridgehead atoms. The Kier molecular flexibility index (Phi) is 2.92. The van der Waals surface area contributed by atoms with Crippen LogP contribution in [-0.2, 0) is 17.6 Å². The Morgan fingerprint density at radius 1 is 1.21 bits per heavy atom. The molecular weight excluding hydrogens is 302 g/mol. The number of hydrogen-bond donors (Lipinski definition) is 0. The number of aryl methyl sites for hydroxylation is 1. The minimum absolute atomic E-state index is 0.0257. The molecule has 24 heavy (non-hydrogen) atoms. The van der Waals surface area contributed by atoms with Crippen LogP contribution in [0, 0.1) is 11.3 Å². The van der Waals surface area contributed by atoms with Gasteiger partial charge in [-0.05, 0) is 49.1 Å². The molecule has 0 radical (unpaired) electrons. The minimum Gasteiger partial charge on any atom is -0.271 e. The predicted molar refractivity (Wildman–Crippen MR) is 91.0 cm³/mol. The van der Waals surface area contributed by atoms with Crippen molar-refractivity contribution in [1.29, 1.82) is 0 Å². The molecule has 1 unspecified atom stereocenters. The molecule has 1 aliphatic carbocycles. The van der Waals surface area contributed by atoms with Gasteiger partial charge in [0.1, 0.15) is 11.2 Å². The summed E-state index contributed by atoms with van der Waals surface area (Å²) < 4.78 is 0. The van der Waals surface area contributed by atoms with E-state index < -0.39 is 5.54 Å². The van der Waals surface area contributed by atoms with E-state index in [-0.39, 0.29) is 23.1 Å². The van der Waals surface area contributed by atoms with Crippen molar-refractivity contribution in [1.82, 2.24) is 9.88 Å². The molecule has 2 amide bonds. The van der Waals surface area contributed by atoms with Crippen LogP contribution in [0.2, 0.25) is 0 Å². The summed E-state index contributed by atoms with van der Waals surface area (Å²) in [5.41, 5.74) is 2.67. The maximum Gasteiger partial charge on any atom is 0.268 e. The molecule has 0 saturated heterocycles. The number of imide groups is 1. The number of amidine groups is 1. The molecule has 3 heterocycles. The quantitative estimate of drug-likeness (QED) is 0.746. The number of aromatic nitrogens is 1. The van der Waals surface area contributed by atoms with Crippen LogP contribution >= 0.6 is 0 Å². The normalized spacial score (nSPS) is 27.2. The first-order valence-corrected chi connectivity index (χ1v) is 8.66. The van der Waals surface area contributed by atoms with Crippen LogP contribution in [-0.4, -0.2) is 33.1 Å². The molecule has 0 spiro atoms. The van der Waals surface area contributed by atoms with Gasteiger partial charge in [-0.25, -0.2) is 14.9 Å². The maximum atomic E-state index is 12.8. The number of carbonyl (C=O) groups is 2. The smallest absolute Gasteiger partial charge is 0.268 e. The van der Waals surface area contributed by atoms with Crippen molar-refractivity contribution >= 4 is 17.6 Å². The van der Waals surface area contributed by atoms with Gasteiger partial charge in [0.2, 0.25) is 0 Å². The monoisotopic (exact) mass is 325 g/mol. The Morgan fingerprint density at radius 3 is 2.58 bits per heavy atom. The number of carbonyl (C=O) groups excluding carboxylic acids is 2. The fourth-order valence-electron chi connectivity index (χ4n) is 3.84. The highest BCUT2D eigenvalue weighted by Gasteiger charge is 2.54. The molecule has 1 aromatic heterocycles. The van der Waals surface area contributed by atoms with Crippen LogP contribution in [0.4, 0.5) is 0 Å². The van der Waals surface area contributed by atoms with Gasteiger partial charge in [0, 0.05) is 5.69 Å². The summed E-state index contributed by atoms with van der Waals surface area (Å²) in [7, 11) is 0. The van der Waals surface area contributed by atoms with Crippen molar-refractivity contribution in [3.05, 3.63) is 28.6 Å². The predicted octanol–water partition coefficient (Wildman–Crippen LogP) is 2.75. The van der Waals surface area contributed by atoms with Crippen molar-refractivity contribution in [3.63, 3.8) is 0 Å². The molecule has 5 nitrogen and oxygen atoms in total. The average Bonchev–Trinajstić information content (AvgIpc) is 2.91. The molecule has 126 valence electrons. The second-order valence-electron chi connectivity index (χ2n) is 8.51. The van der Waals surface area contributed by atoms with E-state index in [1.807, 2.05) is 19.9 Å². The van der Waals surface area contributed by atoms with Gasteiger partial charge in [-0.15, -0.1) is 0 Å². The fraction of sp³-hybridized carbons (Fsp3) is 0.579. The van der Waals surface area contributed by atoms with Crippen LogP contribution in [0.1, 0.15) is 68.3 Å². The summed E-state index contributed by atoms with van der Waals surface area (Å²) in [4.78, 5) is 36.3. The van der Waals surface area contributed by atoms with Crippen LogP contribution in [0.15, 0.2) is 11.1 Å². The van der Waals surface area contributed by atoms with Crippen molar-refractivity contribution in [3.8, 4) is 0 Å². The standard InChI is InChI=1S/C19H23N3O2/c1-10(2)19(5)17(24)22-15(21-19)14-12(16(22)23)8-11-9-18(3,4)7-6-13(11)20-14/h8,10H,6-7,9H2,1-5H3. The molecule has 4 rings (SSSR count). The van der Waals surface area contributed by atoms with Gasteiger partial charge >= 0.3 is 0 Å². The van der Waals surface area contributed by atoms with Crippen LogP contribution in [0.5, 0.6) is 0 Å². The largest absolute Gasteiger partial charge is 0.271 e. The van der Waals surface area contributed by atoms with Gasteiger partial charge in [0.25, 0.3) is 11.8 Å². The van der Waals surface area contributed by atoms with Crippen molar-refractivity contribution in [2.45, 2.75) is 59.4 Å². The van der Waals surface area contributed by atoms with E-state index in [1.54, 1.807) is 6.92 Å². The first kappa shape index (κ1) is 15.5. The van der Waals surface area contributed by atoms with E-state index in [1.165, 1.54) is 4.90 Å². The molecule has 3 aliphatic rings. The van der Waals surface area contributed by atoms with Crippen molar-refractivity contribution in [2.75, 3.05) is 0 Å². The van der Waals surface area contributed by atoms with Gasteiger partial charge in [-0.1, -0.05) is 27.7 Å². The van der Waals surface area contributed by atoms with Crippen LogP contribution in [0.25, 0.3) is 0 Å². The first-order valence-electron chi connectivity index (χ1n) is 8.66. The molecular formula is C19H23N3O2. The zero-order valence-corrected chi connectivity index (χ0v) is 14.9. The number of aliphatic imine (C=N–C) groups is 1. The Labute approximate surface area is 142 Å². The van der Waals surface area contributed by atoms with E-state index in [4.69, 9.17) is 4.98 Å². The van der Waals surface area contributed by atoms with Gasteiger partial charge in [-0.3, -0.25) is 9.59 Å². The third kappa shape index (κ3) is 1.87. The molecule has 0 N–H and O–H groups in total. The Balaban J connectivity index is 1.86. The zero-order valence-electron chi connectivity index (χ0n) is 14.9. The van der Waals surface area contributed by atoms with Gasteiger partial charge in [0.05, 0.1) is 5.56 Å². The highest BCUT2D eigenvalue weighted by molar-refractivity contribution is 6.33. The number of hydrogen-bond acceptors (Lipinski definition) is 4. The van der Waals surface area contributed by atoms with E-state index in [0.29, 0.717) is 17.1 Å². The lowest BCUT2D eigenvalue weighted by Crippen LogP contribution is -2.44. The van der Waals surface area contributed by atoms with E-state index in [0.717, 1.165) is 30.5 Å². The zero-order chi connectivity index (χ0) is 17.4. The highest BCUT2D eigenvalue weighted by Crippen LogP contribution is 2.40. The SMILES string of the molecule is CC(C)C1(C)N=C2c3nc4c(cc3C(=O)N2C1=O)CC(C)(C)CC4. The Morgan fingerprint density at radius 2 is 1.92 bits per heavy atom. The third-order valence-electron chi connectivity index (χ3n) is 5.85. The van der Waals surface area contributed by atoms with E-state index >= 15 is 0 Å². The Hall–Kier alpha value is -2.04. The average molecular weight is 325 g/mol. The summed E-state index contributed by atoms with van der Waals surface area (Å²) in [5.74, 6) is -0.0211. The maximum absolute atomic E-state index is 12.8. The summed E-state index contributed by atoms with van der Waals surface area (Å²) >= 11 is 0. The van der Waals surface area contributed by atoms with Gasteiger partial charge in [0.15, 0.2) is 5.84 Å². The van der Waals surface area contributed by atoms with Crippen molar-refractivity contribution < 1.29 is 9.59 Å². The second-order valence-corrected chi connectivity index (χ2v) is 8.51. The molecule has 0 aromatic carbocycles. The number of amides is 2. The Bertz CT molecular complexity index is 822. The highest BCUT2D eigenvalue weighted by atomic mass is 16.2. The minimum atomic E-state index is -0.873. The molecule has 2 aliphatic heterocycles.